The second kappa shape index (κ2) is 8.06. The predicted molar refractivity (Wildman–Crippen MR) is 63.7 cm³/mol. The molecule has 0 atom stereocenters. The molecule has 1 aliphatic carbocycles. The smallest absolute Gasteiger partial charge is 0.349 e. The molecular weight excluding hydrogens is 222 g/mol. The molecule has 0 spiro atoms. The Morgan fingerprint density at radius 1 is 1.29 bits per heavy atom. The van der Waals surface area contributed by atoms with Crippen molar-refractivity contribution in [3.05, 3.63) is 0 Å². The maximum atomic E-state index is 11.2. The Bertz CT molecular complexity index is 255. The minimum Gasteiger partial charge on any atom is -0.436 e. The highest BCUT2D eigenvalue weighted by molar-refractivity contribution is 5.84. The molecule has 0 N–H and O–H groups in total. The van der Waals surface area contributed by atoms with Gasteiger partial charge in [0.2, 0.25) is 6.61 Å². The average molecular weight is 243 g/mol. The summed E-state index contributed by atoms with van der Waals surface area (Å²) in [7, 11) is 0. The van der Waals surface area contributed by atoms with E-state index in [0.717, 1.165) is 31.4 Å². The van der Waals surface area contributed by atoms with Crippen LogP contribution >= 0.6 is 0 Å². The van der Waals surface area contributed by atoms with Crippen molar-refractivity contribution in [1.29, 1.82) is 0 Å². The van der Waals surface area contributed by atoms with E-state index in [-0.39, 0.29) is 19.5 Å². The Labute approximate surface area is 102 Å². The standard InChI is InChI=1S/C12H21NO4/c1-10(2)15-9-16-12(14)8-17-13-11-6-4-3-5-7-11/h10H,3-9H2,1-2H3. The van der Waals surface area contributed by atoms with Crippen molar-refractivity contribution in [3.8, 4) is 0 Å². The molecule has 0 aliphatic heterocycles. The number of ether oxygens (including phenoxy) is 2. The molecule has 0 heterocycles. The summed E-state index contributed by atoms with van der Waals surface area (Å²) in [4.78, 5) is 16.1. The molecule has 1 saturated carbocycles. The number of hydrogen-bond acceptors (Lipinski definition) is 5. The van der Waals surface area contributed by atoms with Gasteiger partial charge in [0.15, 0.2) is 6.79 Å². The second-order valence-corrected chi connectivity index (χ2v) is 4.34. The molecule has 98 valence electrons. The minimum atomic E-state index is -0.453. The van der Waals surface area contributed by atoms with Gasteiger partial charge in [0.05, 0.1) is 11.8 Å². The lowest BCUT2D eigenvalue weighted by Gasteiger charge is -2.11. The normalized spacial score (nSPS) is 15.8. The maximum absolute atomic E-state index is 11.2. The Morgan fingerprint density at radius 3 is 2.65 bits per heavy atom. The van der Waals surface area contributed by atoms with E-state index in [1.54, 1.807) is 0 Å². The van der Waals surface area contributed by atoms with Gasteiger partial charge in [-0.3, -0.25) is 0 Å². The fraction of sp³-hybridized carbons (Fsp3) is 0.833. The van der Waals surface area contributed by atoms with Crippen LogP contribution in [0.3, 0.4) is 0 Å². The highest BCUT2D eigenvalue weighted by Gasteiger charge is 2.08. The molecule has 0 aromatic rings. The number of rotatable bonds is 6. The number of oxime groups is 1. The molecule has 0 aromatic carbocycles. The van der Waals surface area contributed by atoms with Crippen molar-refractivity contribution in [2.75, 3.05) is 13.4 Å². The first-order valence-electron chi connectivity index (χ1n) is 6.13. The summed E-state index contributed by atoms with van der Waals surface area (Å²) >= 11 is 0. The van der Waals surface area contributed by atoms with E-state index in [9.17, 15) is 4.79 Å². The van der Waals surface area contributed by atoms with E-state index in [1.807, 2.05) is 13.8 Å². The fourth-order valence-electron chi connectivity index (χ4n) is 1.50. The lowest BCUT2D eigenvalue weighted by atomic mass is 9.99. The van der Waals surface area contributed by atoms with Gasteiger partial charge in [-0.25, -0.2) is 4.79 Å². The van der Waals surface area contributed by atoms with Crippen LogP contribution in [0.1, 0.15) is 46.0 Å². The number of carbonyl (C=O) groups is 1. The first kappa shape index (κ1) is 14.0. The Kier molecular flexibility index (Phi) is 6.62. The summed E-state index contributed by atoms with van der Waals surface area (Å²) in [6.07, 6.45) is 5.58. The first-order valence-corrected chi connectivity index (χ1v) is 6.13. The van der Waals surface area contributed by atoms with Gasteiger partial charge in [0.25, 0.3) is 0 Å². The van der Waals surface area contributed by atoms with Crippen LogP contribution in [0, 0.1) is 0 Å². The third-order valence-electron chi connectivity index (χ3n) is 2.43. The van der Waals surface area contributed by atoms with Crippen molar-refractivity contribution >= 4 is 11.7 Å². The Hall–Kier alpha value is -1.10. The summed E-state index contributed by atoms with van der Waals surface area (Å²) in [5.41, 5.74) is 1.04. The summed E-state index contributed by atoms with van der Waals surface area (Å²) in [6, 6.07) is 0. The predicted octanol–water partition coefficient (Wildman–Crippen LogP) is 2.25. The van der Waals surface area contributed by atoms with Crippen molar-refractivity contribution in [2.45, 2.75) is 52.1 Å². The van der Waals surface area contributed by atoms with Crippen LogP contribution in [0.5, 0.6) is 0 Å². The maximum Gasteiger partial charge on any atom is 0.349 e. The molecule has 1 aliphatic rings. The zero-order valence-corrected chi connectivity index (χ0v) is 10.6. The number of hydrogen-bond donors (Lipinski definition) is 0. The molecule has 0 radical (unpaired) electrons. The molecule has 1 fully saturated rings. The summed E-state index contributed by atoms with van der Waals surface area (Å²) in [5.74, 6) is -0.453. The number of carbonyl (C=O) groups excluding carboxylic acids is 1. The van der Waals surface area contributed by atoms with Gasteiger partial charge < -0.3 is 14.3 Å². The van der Waals surface area contributed by atoms with E-state index in [1.165, 1.54) is 6.42 Å². The van der Waals surface area contributed by atoms with Crippen LogP contribution in [0.2, 0.25) is 0 Å². The van der Waals surface area contributed by atoms with E-state index < -0.39 is 5.97 Å². The molecule has 0 aromatic heterocycles. The average Bonchev–Trinajstić information content (AvgIpc) is 2.30. The monoisotopic (exact) mass is 243 g/mol. The number of nitrogens with zero attached hydrogens (tertiary/aromatic N) is 1. The van der Waals surface area contributed by atoms with Crippen molar-refractivity contribution in [3.63, 3.8) is 0 Å². The lowest BCUT2D eigenvalue weighted by molar-refractivity contribution is -0.164. The van der Waals surface area contributed by atoms with E-state index in [2.05, 4.69) is 5.16 Å². The Balaban J connectivity index is 2.06. The largest absolute Gasteiger partial charge is 0.436 e. The summed E-state index contributed by atoms with van der Waals surface area (Å²) in [5, 5.41) is 3.94. The van der Waals surface area contributed by atoms with Gasteiger partial charge in [-0.2, -0.15) is 0 Å². The van der Waals surface area contributed by atoms with Gasteiger partial charge in [0.1, 0.15) is 0 Å². The molecule has 0 saturated heterocycles. The number of esters is 1. The molecule has 0 unspecified atom stereocenters. The fourth-order valence-corrected chi connectivity index (χ4v) is 1.50. The highest BCUT2D eigenvalue weighted by atomic mass is 16.7. The van der Waals surface area contributed by atoms with Crippen LogP contribution in [-0.2, 0) is 19.1 Å². The van der Waals surface area contributed by atoms with Crippen LogP contribution in [-0.4, -0.2) is 31.2 Å². The van der Waals surface area contributed by atoms with Crippen LogP contribution in [0.15, 0.2) is 5.16 Å². The quantitative estimate of drug-likeness (QED) is 0.408. The molecule has 0 amide bonds. The lowest BCUT2D eigenvalue weighted by Crippen LogP contribution is -2.16. The van der Waals surface area contributed by atoms with Gasteiger partial charge in [-0.15, -0.1) is 0 Å². The molecule has 5 heteroatoms. The van der Waals surface area contributed by atoms with Gasteiger partial charge >= 0.3 is 5.97 Å². The SMILES string of the molecule is CC(C)OCOC(=O)CON=C1CCCCC1. The molecular formula is C12H21NO4. The van der Waals surface area contributed by atoms with Gasteiger partial charge in [-0.05, 0) is 39.5 Å². The molecule has 5 nitrogen and oxygen atoms in total. The van der Waals surface area contributed by atoms with Gasteiger partial charge in [-0.1, -0.05) is 11.6 Å². The van der Waals surface area contributed by atoms with Crippen LogP contribution in [0.25, 0.3) is 0 Å². The second-order valence-electron chi connectivity index (χ2n) is 4.34. The highest BCUT2D eigenvalue weighted by Crippen LogP contribution is 2.14. The first-order chi connectivity index (χ1) is 8.18. The minimum absolute atomic E-state index is 0.0313. The van der Waals surface area contributed by atoms with Crippen molar-refractivity contribution in [2.24, 2.45) is 5.16 Å². The molecule has 17 heavy (non-hydrogen) atoms. The van der Waals surface area contributed by atoms with Crippen molar-refractivity contribution in [1.82, 2.24) is 0 Å². The summed E-state index contributed by atoms with van der Waals surface area (Å²) < 4.78 is 9.86. The topological polar surface area (TPSA) is 57.1 Å². The molecule has 1 rings (SSSR count). The van der Waals surface area contributed by atoms with E-state index in [0.29, 0.717) is 0 Å². The van der Waals surface area contributed by atoms with Crippen molar-refractivity contribution < 1.29 is 19.1 Å². The molecule has 0 bridgehead atoms. The zero-order chi connectivity index (χ0) is 12.5. The Morgan fingerprint density at radius 2 is 2.00 bits per heavy atom. The van der Waals surface area contributed by atoms with Crippen LogP contribution in [0.4, 0.5) is 0 Å². The van der Waals surface area contributed by atoms with E-state index >= 15 is 0 Å². The summed E-state index contributed by atoms with van der Waals surface area (Å²) in [6.45, 7) is 3.57. The van der Waals surface area contributed by atoms with Crippen LogP contribution < -0.4 is 0 Å². The third-order valence-corrected chi connectivity index (χ3v) is 2.43. The van der Waals surface area contributed by atoms with Gasteiger partial charge in [0, 0.05) is 0 Å². The third kappa shape index (κ3) is 6.94. The van der Waals surface area contributed by atoms with E-state index in [4.69, 9.17) is 14.3 Å². The zero-order valence-electron chi connectivity index (χ0n) is 10.6.